The molecule has 0 N–H and O–H groups in total. The first-order valence-electron chi connectivity index (χ1n) is 9.86. The standard InChI is InChI=1S/C24H28O4/c1-3-5-17-27-23(25)21-13-9-19(10-14-21)7-8-20-11-15-22(16-12-20)24(26)28-18-6-4-2/h7-16H,3-6,17-18H2,1-2H3/b8-7+. The Morgan fingerprint density at radius 1 is 0.679 bits per heavy atom. The van der Waals surface area contributed by atoms with Gasteiger partial charge in [-0.05, 0) is 48.2 Å². The summed E-state index contributed by atoms with van der Waals surface area (Å²) in [6.07, 6.45) is 7.67. The van der Waals surface area contributed by atoms with Crippen molar-refractivity contribution in [2.75, 3.05) is 13.2 Å². The third kappa shape index (κ3) is 7.03. The van der Waals surface area contributed by atoms with Crippen LogP contribution in [0.3, 0.4) is 0 Å². The Hall–Kier alpha value is -2.88. The number of ether oxygens (including phenoxy) is 2. The van der Waals surface area contributed by atoms with Crippen LogP contribution in [0, 0.1) is 0 Å². The van der Waals surface area contributed by atoms with E-state index in [1.54, 1.807) is 24.3 Å². The number of esters is 2. The molecule has 2 aromatic rings. The van der Waals surface area contributed by atoms with Gasteiger partial charge < -0.3 is 9.47 Å². The van der Waals surface area contributed by atoms with E-state index in [9.17, 15) is 9.59 Å². The highest BCUT2D eigenvalue weighted by molar-refractivity contribution is 5.90. The summed E-state index contributed by atoms with van der Waals surface area (Å²) in [5, 5.41) is 0. The zero-order chi connectivity index (χ0) is 20.2. The molecular weight excluding hydrogens is 352 g/mol. The first-order chi connectivity index (χ1) is 13.6. The molecule has 0 unspecified atom stereocenters. The van der Waals surface area contributed by atoms with Gasteiger partial charge in [0.15, 0.2) is 0 Å². The molecule has 0 aromatic heterocycles. The Balaban J connectivity index is 1.90. The average Bonchev–Trinajstić information content (AvgIpc) is 2.73. The molecule has 0 atom stereocenters. The van der Waals surface area contributed by atoms with Crippen LogP contribution in [0.2, 0.25) is 0 Å². The van der Waals surface area contributed by atoms with Crippen LogP contribution in [-0.4, -0.2) is 25.2 Å². The van der Waals surface area contributed by atoms with E-state index in [1.165, 1.54) is 0 Å². The molecule has 0 aliphatic carbocycles. The van der Waals surface area contributed by atoms with Crippen LogP contribution in [0.4, 0.5) is 0 Å². The average molecular weight is 380 g/mol. The van der Waals surface area contributed by atoms with Crippen LogP contribution >= 0.6 is 0 Å². The number of unbranched alkanes of at least 4 members (excludes halogenated alkanes) is 2. The van der Waals surface area contributed by atoms with E-state index >= 15 is 0 Å². The Morgan fingerprint density at radius 3 is 1.36 bits per heavy atom. The van der Waals surface area contributed by atoms with Crippen molar-refractivity contribution in [2.45, 2.75) is 39.5 Å². The van der Waals surface area contributed by atoms with Gasteiger partial charge in [0.2, 0.25) is 0 Å². The minimum Gasteiger partial charge on any atom is -0.462 e. The second-order valence-corrected chi connectivity index (χ2v) is 6.56. The summed E-state index contributed by atoms with van der Waals surface area (Å²) >= 11 is 0. The molecule has 148 valence electrons. The highest BCUT2D eigenvalue weighted by Crippen LogP contribution is 2.12. The molecule has 4 nitrogen and oxygen atoms in total. The van der Waals surface area contributed by atoms with Crippen molar-refractivity contribution >= 4 is 24.1 Å². The van der Waals surface area contributed by atoms with Crippen molar-refractivity contribution in [3.63, 3.8) is 0 Å². The SMILES string of the molecule is CCCCOC(=O)c1ccc(/C=C/c2ccc(C(=O)OCCCC)cc2)cc1. The zero-order valence-electron chi connectivity index (χ0n) is 16.6. The van der Waals surface area contributed by atoms with Crippen molar-refractivity contribution < 1.29 is 19.1 Å². The molecule has 28 heavy (non-hydrogen) atoms. The Bertz CT molecular complexity index is 706. The van der Waals surface area contributed by atoms with E-state index in [-0.39, 0.29) is 11.9 Å². The molecular formula is C24H28O4. The van der Waals surface area contributed by atoms with Crippen molar-refractivity contribution in [1.82, 2.24) is 0 Å². The normalized spacial score (nSPS) is 10.8. The van der Waals surface area contributed by atoms with Crippen LogP contribution in [-0.2, 0) is 9.47 Å². The fraction of sp³-hybridized carbons (Fsp3) is 0.333. The van der Waals surface area contributed by atoms with Gasteiger partial charge in [-0.25, -0.2) is 9.59 Å². The van der Waals surface area contributed by atoms with Gasteiger partial charge in [-0.15, -0.1) is 0 Å². The molecule has 0 spiro atoms. The highest BCUT2D eigenvalue weighted by Gasteiger charge is 2.07. The molecule has 0 heterocycles. The van der Waals surface area contributed by atoms with Crippen molar-refractivity contribution in [3.05, 3.63) is 70.8 Å². The minimum atomic E-state index is -0.287. The van der Waals surface area contributed by atoms with Gasteiger partial charge in [0.05, 0.1) is 24.3 Å². The number of rotatable bonds is 10. The maximum Gasteiger partial charge on any atom is 0.338 e. The van der Waals surface area contributed by atoms with Gasteiger partial charge in [-0.2, -0.15) is 0 Å². The fourth-order valence-corrected chi connectivity index (χ4v) is 2.44. The molecule has 4 heteroatoms. The van der Waals surface area contributed by atoms with Crippen LogP contribution in [0.1, 0.15) is 71.4 Å². The quantitative estimate of drug-likeness (QED) is 0.298. The van der Waals surface area contributed by atoms with E-state index in [0.29, 0.717) is 24.3 Å². The van der Waals surface area contributed by atoms with E-state index in [0.717, 1.165) is 36.8 Å². The van der Waals surface area contributed by atoms with Crippen molar-refractivity contribution in [1.29, 1.82) is 0 Å². The smallest absolute Gasteiger partial charge is 0.338 e. The summed E-state index contributed by atoms with van der Waals surface area (Å²) in [5.74, 6) is -0.573. The number of hydrogen-bond donors (Lipinski definition) is 0. The van der Waals surface area contributed by atoms with Gasteiger partial charge in [0, 0.05) is 0 Å². The Kier molecular flexibility index (Phi) is 8.99. The van der Waals surface area contributed by atoms with E-state index < -0.39 is 0 Å². The summed E-state index contributed by atoms with van der Waals surface area (Å²) in [6, 6.07) is 14.6. The number of hydrogen-bond acceptors (Lipinski definition) is 4. The van der Waals surface area contributed by atoms with E-state index in [2.05, 4.69) is 13.8 Å². The Morgan fingerprint density at radius 2 is 1.04 bits per heavy atom. The first-order valence-corrected chi connectivity index (χ1v) is 9.86. The molecule has 2 aromatic carbocycles. The van der Waals surface area contributed by atoms with Gasteiger partial charge >= 0.3 is 11.9 Å². The lowest BCUT2D eigenvalue weighted by molar-refractivity contribution is 0.0490. The van der Waals surface area contributed by atoms with E-state index in [1.807, 2.05) is 36.4 Å². The molecule has 0 aliphatic heterocycles. The maximum absolute atomic E-state index is 11.9. The van der Waals surface area contributed by atoms with Gasteiger partial charge in [0.25, 0.3) is 0 Å². The fourth-order valence-electron chi connectivity index (χ4n) is 2.44. The molecule has 0 radical (unpaired) electrons. The first kappa shape index (κ1) is 21.4. The minimum absolute atomic E-state index is 0.287. The zero-order valence-corrected chi connectivity index (χ0v) is 16.6. The number of carbonyl (C=O) groups excluding carboxylic acids is 2. The third-order valence-corrected chi connectivity index (χ3v) is 4.22. The molecule has 0 saturated carbocycles. The second kappa shape index (κ2) is 11.8. The van der Waals surface area contributed by atoms with Gasteiger partial charge in [-0.1, -0.05) is 63.1 Å². The topological polar surface area (TPSA) is 52.6 Å². The summed E-state index contributed by atoms with van der Waals surface area (Å²) in [5.41, 5.74) is 3.07. The molecule has 0 fully saturated rings. The van der Waals surface area contributed by atoms with Crippen LogP contribution in [0.15, 0.2) is 48.5 Å². The monoisotopic (exact) mass is 380 g/mol. The molecule has 0 aliphatic rings. The third-order valence-electron chi connectivity index (χ3n) is 4.22. The molecule has 0 bridgehead atoms. The molecule has 2 rings (SSSR count). The summed E-state index contributed by atoms with van der Waals surface area (Å²) in [6.45, 7) is 5.03. The maximum atomic E-state index is 11.9. The van der Waals surface area contributed by atoms with Gasteiger partial charge in [-0.3, -0.25) is 0 Å². The summed E-state index contributed by atoms with van der Waals surface area (Å²) in [4.78, 5) is 23.8. The molecule has 0 amide bonds. The van der Waals surface area contributed by atoms with Crippen LogP contribution in [0.5, 0.6) is 0 Å². The van der Waals surface area contributed by atoms with Gasteiger partial charge in [0.1, 0.15) is 0 Å². The summed E-state index contributed by atoms with van der Waals surface area (Å²) < 4.78 is 10.4. The number of benzene rings is 2. The number of carbonyl (C=O) groups is 2. The largest absolute Gasteiger partial charge is 0.462 e. The van der Waals surface area contributed by atoms with Crippen molar-refractivity contribution in [2.24, 2.45) is 0 Å². The Labute approximate surface area is 167 Å². The van der Waals surface area contributed by atoms with Crippen LogP contribution < -0.4 is 0 Å². The highest BCUT2D eigenvalue weighted by atomic mass is 16.5. The predicted molar refractivity (Wildman–Crippen MR) is 112 cm³/mol. The molecule has 0 saturated heterocycles. The lowest BCUT2D eigenvalue weighted by Gasteiger charge is -2.04. The van der Waals surface area contributed by atoms with E-state index in [4.69, 9.17) is 9.47 Å². The lowest BCUT2D eigenvalue weighted by atomic mass is 10.1. The summed E-state index contributed by atoms with van der Waals surface area (Å²) in [7, 11) is 0. The lowest BCUT2D eigenvalue weighted by Crippen LogP contribution is -2.06. The second-order valence-electron chi connectivity index (χ2n) is 6.56. The predicted octanol–water partition coefficient (Wildman–Crippen LogP) is 5.77. The van der Waals surface area contributed by atoms with Crippen LogP contribution in [0.25, 0.3) is 12.2 Å². The van der Waals surface area contributed by atoms with Crippen molar-refractivity contribution in [3.8, 4) is 0 Å².